The zero-order valence-electron chi connectivity index (χ0n) is 21.6. The highest BCUT2D eigenvalue weighted by molar-refractivity contribution is 7.89. The van der Waals surface area contributed by atoms with E-state index in [9.17, 15) is 12.8 Å². The van der Waals surface area contributed by atoms with Crippen molar-refractivity contribution >= 4 is 10.0 Å². The molecular formula is C29H36FN3O2S. The summed E-state index contributed by atoms with van der Waals surface area (Å²) in [5.74, 6) is -0.250. The lowest BCUT2D eigenvalue weighted by Crippen LogP contribution is -2.44. The van der Waals surface area contributed by atoms with Crippen molar-refractivity contribution in [1.29, 1.82) is 0 Å². The van der Waals surface area contributed by atoms with E-state index in [0.717, 1.165) is 54.7 Å². The quantitative estimate of drug-likeness (QED) is 0.421. The second-order valence-corrected chi connectivity index (χ2v) is 12.4. The van der Waals surface area contributed by atoms with Gasteiger partial charge >= 0.3 is 0 Å². The molecule has 192 valence electrons. The molecule has 0 spiro atoms. The maximum absolute atomic E-state index is 13.4. The summed E-state index contributed by atoms with van der Waals surface area (Å²) in [5.41, 5.74) is 3.70. The molecule has 3 aromatic rings. The van der Waals surface area contributed by atoms with Crippen LogP contribution in [-0.2, 0) is 22.0 Å². The number of hydrogen-bond donors (Lipinski definition) is 1. The van der Waals surface area contributed by atoms with Crippen molar-refractivity contribution in [3.05, 3.63) is 95.1 Å². The number of nitrogens with zero attached hydrogens (tertiary/aromatic N) is 2. The van der Waals surface area contributed by atoms with Crippen LogP contribution in [0.15, 0.2) is 71.8 Å². The van der Waals surface area contributed by atoms with Gasteiger partial charge in [-0.1, -0.05) is 35.9 Å². The van der Waals surface area contributed by atoms with Crippen LogP contribution in [0.4, 0.5) is 4.39 Å². The van der Waals surface area contributed by atoms with Crippen LogP contribution in [0.1, 0.15) is 49.1 Å². The maximum atomic E-state index is 13.4. The van der Waals surface area contributed by atoms with Crippen LogP contribution in [0.2, 0.25) is 0 Å². The first-order valence-electron chi connectivity index (χ1n) is 12.5. The SMILES string of the molecule is Cc1ccc(S(=O)(=O)NC[C@@]2(CCc3ccc(F)cc3)CCN(C(C)(C)c3ccc(C)nc3)C2)cc1. The van der Waals surface area contributed by atoms with E-state index in [1.807, 2.05) is 50.4 Å². The molecule has 7 heteroatoms. The lowest BCUT2D eigenvalue weighted by Gasteiger charge is -2.38. The third-order valence-corrected chi connectivity index (χ3v) is 9.09. The molecule has 5 nitrogen and oxygen atoms in total. The van der Waals surface area contributed by atoms with Crippen molar-refractivity contribution in [2.24, 2.45) is 5.41 Å². The predicted octanol–water partition coefficient (Wildman–Crippen LogP) is 5.38. The normalized spacial score (nSPS) is 19.0. The van der Waals surface area contributed by atoms with E-state index in [-0.39, 0.29) is 21.7 Å². The van der Waals surface area contributed by atoms with Gasteiger partial charge in [0, 0.05) is 30.5 Å². The van der Waals surface area contributed by atoms with Gasteiger partial charge in [-0.2, -0.15) is 0 Å². The van der Waals surface area contributed by atoms with Gasteiger partial charge in [0.2, 0.25) is 10.0 Å². The van der Waals surface area contributed by atoms with Crippen LogP contribution < -0.4 is 4.72 Å². The lowest BCUT2D eigenvalue weighted by atomic mass is 9.81. The van der Waals surface area contributed by atoms with Gasteiger partial charge in [0.15, 0.2) is 0 Å². The van der Waals surface area contributed by atoms with Crippen molar-refractivity contribution in [1.82, 2.24) is 14.6 Å². The number of benzene rings is 2. The van der Waals surface area contributed by atoms with E-state index in [0.29, 0.717) is 6.54 Å². The van der Waals surface area contributed by atoms with Gasteiger partial charge in [0.05, 0.1) is 4.90 Å². The van der Waals surface area contributed by atoms with Crippen LogP contribution in [0.5, 0.6) is 0 Å². The summed E-state index contributed by atoms with van der Waals surface area (Å²) in [6, 6.07) is 17.7. The average molecular weight is 510 g/mol. The monoisotopic (exact) mass is 509 g/mol. The number of aryl methyl sites for hydroxylation is 3. The van der Waals surface area contributed by atoms with Crippen LogP contribution >= 0.6 is 0 Å². The molecule has 1 aliphatic rings. The molecule has 1 aliphatic heterocycles. The van der Waals surface area contributed by atoms with E-state index in [1.165, 1.54) is 12.1 Å². The summed E-state index contributed by atoms with van der Waals surface area (Å²) < 4.78 is 42.6. The molecule has 1 fully saturated rings. The Hall–Kier alpha value is -2.61. The lowest BCUT2D eigenvalue weighted by molar-refractivity contribution is 0.128. The molecule has 0 bridgehead atoms. The zero-order chi connectivity index (χ0) is 26.0. The predicted molar refractivity (Wildman–Crippen MR) is 142 cm³/mol. The van der Waals surface area contributed by atoms with Gasteiger partial charge < -0.3 is 0 Å². The number of halogens is 1. The van der Waals surface area contributed by atoms with E-state index in [1.54, 1.807) is 12.1 Å². The molecule has 0 aliphatic carbocycles. The molecule has 0 radical (unpaired) electrons. The Morgan fingerprint density at radius 1 is 1.03 bits per heavy atom. The summed E-state index contributed by atoms with van der Waals surface area (Å²) in [5, 5.41) is 0. The van der Waals surface area contributed by atoms with Crippen LogP contribution in [-0.4, -0.2) is 37.9 Å². The van der Waals surface area contributed by atoms with Crippen LogP contribution in [0, 0.1) is 25.1 Å². The van der Waals surface area contributed by atoms with Crippen molar-refractivity contribution in [3.8, 4) is 0 Å². The van der Waals surface area contributed by atoms with Gasteiger partial charge in [-0.25, -0.2) is 17.5 Å². The van der Waals surface area contributed by atoms with Crippen molar-refractivity contribution < 1.29 is 12.8 Å². The summed E-state index contributed by atoms with van der Waals surface area (Å²) in [6.07, 6.45) is 4.36. The molecule has 2 aromatic carbocycles. The fraction of sp³-hybridized carbons (Fsp3) is 0.414. The molecule has 0 unspecified atom stereocenters. The highest BCUT2D eigenvalue weighted by Crippen LogP contribution is 2.41. The summed E-state index contributed by atoms with van der Waals surface area (Å²) in [6.45, 7) is 10.3. The standard InChI is InChI=1S/C29H36FN3O2S/c1-22-5-13-27(14-6-22)36(34,35)32-20-29(16-15-24-8-11-26(30)12-9-24)17-18-33(21-29)28(3,4)25-10-7-23(2)31-19-25/h5-14,19,32H,15-18,20-21H2,1-4H3/t29-/m1/s1. The molecule has 36 heavy (non-hydrogen) atoms. The number of sulfonamides is 1. The molecule has 2 heterocycles. The molecule has 1 saturated heterocycles. The molecule has 1 aromatic heterocycles. The molecule has 0 saturated carbocycles. The van der Waals surface area contributed by atoms with Crippen LogP contribution in [0.25, 0.3) is 0 Å². The number of rotatable bonds is 9. The smallest absolute Gasteiger partial charge is 0.240 e. The molecule has 1 N–H and O–H groups in total. The van der Waals surface area contributed by atoms with Gasteiger partial charge in [-0.05, 0) is 100 Å². The molecule has 4 rings (SSSR count). The van der Waals surface area contributed by atoms with E-state index < -0.39 is 10.0 Å². The van der Waals surface area contributed by atoms with Crippen molar-refractivity contribution in [3.63, 3.8) is 0 Å². The minimum absolute atomic E-state index is 0.242. The Morgan fingerprint density at radius 3 is 2.36 bits per heavy atom. The largest absolute Gasteiger partial charge is 0.293 e. The van der Waals surface area contributed by atoms with Crippen molar-refractivity contribution in [2.45, 2.75) is 57.4 Å². The van der Waals surface area contributed by atoms with Gasteiger partial charge in [-0.3, -0.25) is 9.88 Å². The van der Waals surface area contributed by atoms with Gasteiger partial charge in [0.1, 0.15) is 5.82 Å². The van der Waals surface area contributed by atoms with E-state index in [2.05, 4.69) is 34.5 Å². The maximum Gasteiger partial charge on any atom is 0.240 e. The number of aromatic nitrogens is 1. The fourth-order valence-electron chi connectivity index (χ4n) is 4.97. The Labute approximate surface area is 214 Å². The van der Waals surface area contributed by atoms with Gasteiger partial charge in [-0.15, -0.1) is 0 Å². The Kier molecular flexibility index (Phi) is 7.64. The first-order valence-corrected chi connectivity index (χ1v) is 14.0. The Bertz CT molecular complexity index is 1270. The average Bonchev–Trinajstić information content (AvgIpc) is 3.29. The third kappa shape index (κ3) is 6.02. The zero-order valence-corrected chi connectivity index (χ0v) is 22.4. The second-order valence-electron chi connectivity index (χ2n) is 10.7. The molecule has 1 atom stereocenters. The highest BCUT2D eigenvalue weighted by atomic mass is 32.2. The minimum atomic E-state index is -3.63. The summed E-state index contributed by atoms with van der Waals surface area (Å²) >= 11 is 0. The highest BCUT2D eigenvalue weighted by Gasteiger charge is 2.44. The fourth-order valence-corrected chi connectivity index (χ4v) is 6.13. The Morgan fingerprint density at radius 2 is 1.72 bits per heavy atom. The van der Waals surface area contributed by atoms with Crippen LogP contribution in [0.3, 0.4) is 0 Å². The number of likely N-dealkylation sites (tertiary alicyclic amines) is 1. The van der Waals surface area contributed by atoms with E-state index >= 15 is 0 Å². The first kappa shape index (κ1) is 26.5. The number of nitrogens with one attached hydrogen (secondary N) is 1. The summed E-state index contributed by atoms with van der Waals surface area (Å²) in [7, 11) is -3.63. The molecular weight excluding hydrogens is 473 g/mol. The third-order valence-electron chi connectivity index (χ3n) is 7.67. The first-order chi connectivity index (χ1) is 17.0. The minimum Gasteiger partial charge on any atom is -0.293 e. The second kappa shape index (κ2) is 10.4. The number of pyridine rings is 1. The van der Waals surface area contributed by atoms with Crippen molar-refractivity contribution in [2.75, 3.05) is 19.6 Å². The van der Waals surface area contributed by atoms with E-state index in [4.69, 9.17) is 0 Å². The van der Waals surface area contributed by atoms with Gasteiger partial charge in [0.25, 0.3) is 0 Å². The number of hydrogen-bond acceptors (Lipinski definition) is 4. The topological polar surface area (TPSA) is 62.3 Å². The molecule has 0 amide bonds. The summed E-state index contributed by atoms with van der Waals surface area (Å²) in [4.78, 5) is 7.21. The Balaban J connectivity index is 1.55.